The third-order valence-corrected chi connectivity index (χ3v) is 3.53. The van der Waals surface area contributed by atoms with Gasteiger partial charge in [-0.1, -0.05) is 32.0 Å². The van der Waals surface area contributed by atoms with Crippen LogP contribution in [-0.4, -0.2) is 26.2 Å². The Morgan fingerprint density at radius 1 is 1.12 bits per heavy atom. The zero-order chi connectivity index (χ0) is 17.4. The summed E-state index contributed by atoms with van der Waals surface area (Å²) in [6, 6.07) is 15.7. The van der Waals surface area contributed by atoms with E-state index in [0.29, 0.717) is 25.0 Å². The number of hydrogen-bond acceptors (Lipinski definition) is 3. The molecule has 0 unspecified atom stereocenters. The summed E-state index contributed by atoms with van der Waals surface area (Å²) >= 11 is 0. The van der Waals surface area contributed by atoms with Crippen molar-refractivity contribution in [2.24, 2.45) is 10.7 Å². The Bertz CT molecular complexity index is 667. The van der Waals surface area contributed by atoms with E-state index in [2.05, 4.69) is 36.3 Å². The van der Waals surface area contributed by atoms with Gasteiger partial charge in [0.15, 0.2) is 5.96 Å². The monoisotopic (exact) mass is 327 g/mol. The Balaban J connectivity index is 1.78. The van der Waals surface area contributed by atoms with Crippen molar-refractivity contribution < 1.29 is 9.47 Å². The lowest BCUT2D eigenvalue weighted by atomic mass is 10.0. The van der Waals surface area contributed by atoms with E-state index in [9.17, 15) is 0 Å². The molecule has 2 rings (SSSR count). The molecular weight excluding hydrogens is 302 g/mol. The van der Waals surface area contributed by atoms with Crippen molar-refractivity contribution in [2.75, 3.05) is 25.6 Å². The molecule has 128 valence electrons. The smallest absolute Gasteiger partial charge is 0.193 e. The molecule has 5 heteroatoms. The predicted octanol–water partition coefficient (Wildman–Crippen LogP) is 3.62. The van der Waals surface area contributed by atoms with Gasteiger partial charge >= 0.3 is 0 Å². The number of anilines is 1. The number of nitrogens with two attached hydrogens (primary N) is 1. The van der Waals surface area contributed by atoms with E-state index in [1.807, 2.05) is 36.4 Å². The molecule has 0 heterocycles. The van der Waals surface area contributed by atoms with Crippen molar-refractivity contribution >= 4 is 11.6 Å². The Morgan fingerprint density at radius 2 is 1.88 bits per heavy atom. The average molecular weight is 327 g/mol. The second-order valence-corrected chi connectivity index (χ2v) is 5.70. The van der Waals surface area contributed by atoms with Gasteiger partial charge in [0.25, 0.3) is 0 Å². The molecule has 0 fully saturated rings. The van der Waals surface area contributed by atoms with Crippen molar-refractivity contribution in [1.29, 1.82) is 0 Å². The Hall–Kier alpha value is -2.69. The SMILES string of the molecule is COc1cccc(NC(N)=NCCOc2ccc(C(C)C)cc2)c1. The van der Waals surface area contributed by atoms with Crippen LogP contribution in [0.5, 0.6) is 11.5 Å². The van der Waals surface area contributed by atoms with Gasteiger partial charge in [-0.3, -0.25) is 0 Å². The number of nitrogens with one attached hydrogen (secondary N) is 1. The molecule has 5 nitrogen and oxygen atoms in total. The van der Waals surface area contributed by atoms with Gasteiger partial charge in [0.1, 0.15) is 18.1 Å². The van der Waals surface area contributed by atoms with Gasteiger partial charge < -0.3 is 20.5 Å². The highest BCUT2D eigenvalue weighted by Gasteiger charge is 2.00. The summed E-state index contributed by atoms with van der Waals surface area (Å²) in [5.74, 6) is 2.48. The first kappa shape index (κ1) is 17.7. The summed E-state index contributed by atoms with van der Waals surface area (Å²) in [5.41, 5.74) is 8.00. The lowest BCUT2D eigenvalue weighted by Gasteiger charge is -2.09. The van der Waals surface area contributed by atoms with Crippen molar-refractivity contribution in [3.63, 3.8) is 0 Å². The number of rotatable bonds is 7. The van der Waals surface area contributed by atoms with E-state index in [0.717, 1.165) is 17.2 Å². The fourth-order valence-electron chi connectivity index (χ4n) is 2.17. The summed E-state index contributed by atoms with van der Waals surface area (Å²) in [4.78, 5) is 4.25. The summed E-state index contributed by atoms with van der Waals surface area (Å²) in [5, 5.41) is 3.03. The molecule has 2 aromatic rings. The van der Waals surface area contributed by atoms with Gasteiger partial charge in [-0.25, -0.2) is 4.99 Å². The van der Waals surface area contributed by atoms with E-state index in [1.165, 1.54) is 5.56 Å². The maximum absolute atomic E-state index is 5.87. The highest BCUT2D eigenvalue weighted by Crippen LogP contribution is 2.18. The molecule has 0 saturated carbocycles. The first-order valence-electron chi connectivity index (χ1n) is 8.02. The average Bonchev–Trinajstić information content (AvgIpc) is 2.59. The van der Waals surface area contributed by atoms with Crippen LogP contribution in [0.4, 0.5) is 5.69 Å². The van der Waals surface area contributed by atoms with Gasteiger partial charge in [-0.15, -0.1) is 0 Å². The standard InChI is InChI=1S/C19H25N3O2/c1-14(2)15-7-9-17(10-8-15)24-12-11-21-19(20)22-16-5-4-6-18(13-16)23-3/h4-10,13-14H,11-12H2,1-3H3,(H3,20,21,22). The minimum absolute atomic E-state index is 0.349. The molecule has 0 amide bonds. The second kappa shape index (κ2) is 8.82. The number of benzene rings is 2. The van der Waals surface area contributed by atoms with E-state index in [1.54, 1.807) is 7.11 Å². The van der Waals surface area contributed by atoms with Gasteiger partial charge in [-0.2, -0.15) is 0 Å². The lowest BCUT2D eigenvalue weighted by Crippen LogP contribution is -2.23. The van der Waals surface area contributed by atoms with Crippen LogP contribution >= 0.6 is 0 Å². The maximum Gasteiger partial charge on any atom is 0.193 e. The van der Waals surface area contributed by atoms with E-state index >= 15 is 0 Å². The molecule has 0 atom stereocenters. The Kier molecular flexibility index (Phi) is 6.49. The fraction of sp³-hybridized carbons (Fsp3) is 0.316. The molecule has 0 spiro atoms. The molecule has 0 radical (unpaired) electrons. The Morgan fingerprint density at radius 3 is 2.54 bits per heavy atom. The van der Waals surface area contributed by atoms with Crippen LogP contribution in [0.2, 0.25) is 0 Å². The van der Waals surface area contributed by atoms with Crippen LogP contribution < -0.4 is 20.5 Å². The highest BCUT2D eigenvalue weighted by atomic mass is 16.5. The van der Waals surface area contributed by atoms with Crippen molar-refractivity contribution in [2.45, 2.75) is 19.8 Å². The molecule has 0 saturated heterocycles. The van der Waals surface area contributed by atoms with Crippen LogP contribution in [0.3, 0.4) is 0 Å². The molecule has 0 aliphatic rings. The van der Waals surface area contributed by atoms with Gasteiger partial charge in [0.2, 0.25) is 0 Å². The number of methoxy groups -OCH3 is 1. The minimum Gasteiger partial charge on any atom is -0.497 e. The van der Waals surface area contributed by atoms with Crippen molar-refractivity contribution in [3.05, 3.63) is 54.1 Å². The number of aliphatic imine (C=N–C) groups is 1. The fourth-order valence-corrected chi connectivity index (χ4v) is 2.17. The molecule has 0 aromatic heterocycles. The van der Waals surface area contributed by atoms with Crippen LogP contribution in [-0.2, 0) is 0 Å². The van der Waals surface area contributed by atoms with Crippen LogP contribution in [0.15, 0.2) is 53.5 Å². The van der Waals surface area contributed by atoms with Crippen LogP contribution in [0, 0.1) is 0 Å². The number of ether oxygens (including phenoxy) is 2. The lowest BCUT2D eigenvalue weighted by molar-refractivity contribution is 0.328. The predicted molar refractivity (Wildman–Crippen MR) is 99.1 cm³/mol. The zero-order valence-electron chi connectivity index (χ0n) is 14.5. The summed E-state index contributed by atoms with van der Waals surface area (Å²) in [7, 11) is 1.63. The van der Waals surface area contributed by atoms with Crippen molar-refractivity contribution in [1.82, 2.24) is 0 Å². The first-order valence-corrected chi connectivity index (χ1v) is 8.02. The molecule has 24 heavy (non-hydrogen) atoms. The minimum atomic E-state index is 0.349. The van der Waals surface area contributed by atoms with Gasteiger partial charge in [-0.05, 0) is 35.7 Å². The van der Waals surface area contributed by atoms with Gasteiger partial charge in [0.05, 0.1) is 13.7 Å². The normalized spacial score (nSPS) is 11.4. The third-order valence-electron chi connectivity index (χ3n) is 3.53. The number of nitrogens with zero attached hydrogens (tertiary/aromatic N) is 1. The van der Waals surface area contributed by atoms with Crippen molar-refractivity contribution in [3.8, 4) is 11.5 Å². The van der Waals surface area contributed by atoms with E-state index in [4.69, 9.17) is 15.2 Å². The topological polar surface area (TPSA) is 68.9 Å². The molecule has 0 bridgehead atoms. The quantitative estimate of drug-likeness (QED) is 0.463. The second-order valence-electron chi connectivity index (χ2n) is 5.70. The molecule has 2 aromatic carbocycles. The van der Waals surface area contributed by atoms with E-state index in [-0.39, 0.29) is 0 Å². The zero-order valence-corrected chi connectivity index (χ0v) is 14.5. The highest BCUT2D eigenvalue weighted by molar-refractivity contribution is 5.92. The summed E-state index contributed by atoms with van der Waals surface area (Å²) in [6.07, 6.45) is 0. The maximum atomic E-state index is 5.87. The molecular formula is C19H25N3O2. The summed E-state index contributed by atoms with van der Waals surface area (Å²) in [6.45, 7) is 5.29. The first-order chi connectivity index (χ1) is 11.6. The molecule has 0 aliphatic heterocycles. The largest absolute Gasteiger partial charge is 0.497 e. The van der Waals surface area contributed by atoms with Gasteiger partial charge in [0, 0.05) is 11.8 Å². The number of hydrogen-bond donors (Lipinski definition) is 2. The number of guanidine groups is 1. The third kappa shape index (κ3) is 5.50. The van der Waals surface area contributed by atoms with E-state index < -0.39 is 0 Å². The van der Waals surface area contributed by atoms with Crippen LogP contribution in [0.25, 0.3) is 0 Å². The molecule has 3 N–H and O–H groups in total. The molecule has 0 aliphatic carbocycles. The van der Waals surface area contributed by atoms with Crippen LogP contribution in [0.1, 0.15) is 25.3 Å². The Labute approximate surface area is 143 Å². The summed E-state index contributed by atoms with van der Waals surface area (Å²) < 4.78 is 10.8.